The zero-order valence-electron chi connectivity index (χ0n) is 24.6. The number of hydrogen-bond donors (Lipinski definition) is 1. The Morgan fingerprint density at radius 1 is 0.825 bits per heavy atom. The van der Waals surface area contributed by atoms with Crippen LogP contribution in [-0.2, 0) is 31.9 Å². The molecule has 1 aliphatic rings. The largest absolute Gasteiger partial charge is 0.408 e. The number of benzene rings is 3. The Hall–Kier alpha value is -1.97. The SMILES string of the molecule is Cc1ccc(S[C@H]2O[C@H](COCc3ccccc3)[C@@H](OCc3ccccc3)[C@H](O[Si](C)(C)C(C)(C)C)[C@@H]2O)cc1. The van der Waals surface area contributed by atoms with E-state index in [0.717, 1.165) is 16.0 Å². The Kier molecular flexibility index (Phi) is 10.7. The fraction of sp³-hybridized carbons (Fsp3) is 0.455. The minimum atomic E-state index is -2.27. The molecule has 0 spiro atoms. The van der Waals surface area contributed by atoms with Gasteiger partial charge >= 0.3 is 0 Å². The predicted octanol–water partition coefficient (Wildman–Crippen LogP) is 7.37. The van der Waals surface area contributed by atoms with Gasteiger partial charge in [-0.1, -0.05) is 111 Å². The van der Waals surface area contributed by atoms with E-state index in [2.05, 4.69) is 65.1 Å². The lowest BCUT2D eigenvalue weighted by Crippen LogP contribution is -2.62. The molecule has 5 atom stereocenters. The van der Waals surface area contributed by atoms with Crippen LogP contribution in [0.5, 0.6) is 0 Å². The number of ether oxygens (including phenoxy) is 3. The first-order valence-corrected chi connectivity index (χ1v) is 17.8. The van der Waals surface area contributed by atoms with Gasteiger partial charge in [-0.2, -0.15) is 0 Å². The van der Waals surface area contributed by atoms with E-state index in [-0.39, 0.29) is 5.04 Å². The van der Waals surface area contributed by atoms with Crippen LogP contribution in [0.25, 0.3) is 0 Å². The van der Waals surface area contributed by atoms with E-state index in [0.29, 0.717) is 19.8 Å². The van der Waals surface area contributed by atoms with Gasteiger partial charge in [-0.05, 0) is 48.3 Å². The molecule has 0 unspecified atom stereocenters. The van der Waals surface area contributed by atoms with Crippen LogP contribution >= 0.6 is 11.8 Å². The molecular weight excluding hydrogens is 537 g/mol. The number of aryl methyl sites for hydroxylation is 1. The number of thioether (sulfide) groups is 1. The second-order valence-corrected chi connectivity index (χ2v) is 18.0. The monoisotopic (exact) mass is 580 g/mol. The van der Waals surface area contributed by atoms with E-state index in [9.17, 15) is 5.11 Å². The molecule has 0 saturated carbocycles. The fourth-order valence-corrected chi connectivity index (χ4v) is 6.72. The smallest absolute Gasteiger partial charge is 0.192 e. The minimum absolute atomic E-state index is 0.0338. The van der Waals surface area contributed by atoms with Gasteiger partial charge in [-0.15, -0.1) is 0 Å². The summed E-state index contributed by atoms with van der Waals surface area (Å²) in [6.45, 7) is 14.3. The van der Waals surface area contributed by atoms with Gasteiger partial charge in [0, 0.05) is 4.90 Å². The molecule has 1 heterocycles. The molecule has 3 aromatic rings. The highest BCUT2D eigenvalue weighted by molar-refractivity contribution is 7.99. The van der Waals surface area contributed by atoms with Crippen LogP contribution in [0.3, 0.4) is 0 Å². The maximum absolute atomic E-state index is 11.8. The Morgan fingerprint density at radius 3 is 1.98 bits per heavy atom. The van der Waals surface area contributed by atoms with Gasteiger partial charge in [0.2, 0.25) is 0 Å². The van der Waals surface area contributed by atoms with Crippen molar-refractivity contribution in [1.29, 1.82) is 0 Å². The third kappa shape index (κ3) is 8.29. The molecule has 0 bridgehead atoms. The van der Waals surface area contributed by atoms with E-state index in [1.165, 1.54) is 17.3 Å². The highest BCUT2D eigenvalue weighted by Crippen LogP contribution is 2.42. The summed E-state index contributed by atoms with van der Waals surface area (Å²) < 4.78 is 26.3. The fourth-order valence-electron chi connectivity index (χ4n) is 4.36. The second kappa shape index (κ2) is 13.8. The van der Waals surface area contributed by atoms with Crippen LogP contribution in [0.4, 0.5) is 0 Å². The van der Waals surface area contributed by atoms with Crippen LogP contribution in [0.2, 0.25) is 18.1 Å². The zero-order chi connectivity index (χ0) is 28.8. The first-order chi connectivity index (χ1) is 19.0. The molecule has 216 valence electrons. The number of aliphatic hydroxyl groups is 1. The van der Waals surface area contributed by atoms with E-state index in [4.69, 9.17) is 18.6 Å². The van der Waals surface area contributed by atoms with E-state index >= 15 is 0 Å². The quantitative estimate of drug-likeness (QED) is 0.239. The van der Waals surface area contributed by atoms with Crippen molar-refractivity contribution in [3.05, 3.63) is 102 Å². The van der Waals surface area contributed by atoms with Crippen molar-refractivity contribution in [3.63, 3.8) is 0 Å². The molecule has 0 amide bonds. The molecule has 1 N–H and O–H groups in total. The number of aliphatic hydroxyl groups excluding tert-OH is 1. The predicted molar refractivity (Wildman–Crippen MR) is 165 cm³/mol. The van der Waals surface area contributed by atoms with E-state index in [1.807, 2.05) is 60.7 Å². The van der Waals surface area contributed by atoms with Crippen molar-refractivity contribution in [2.75, 3.05) is 6.61 Å². The van der Waals surface area contributed by atoms with E-state index < -0.39 is 38.2 Å². The molecule has 4 rings (SSSR count). The molecule has 0 aliphatic carbocycles. The van der Waals surface area contributed by atoms with Crippen LogP contribution in [0.1, 0.15) is 37.5 Å². The summed E-state index contributed by atoms with van der Waals surface area (Å²) in [6, 6.07) is 28.5. The van der Waals surface area contributed by atoms with Gasteiger partial charge in [-0.3, -0.25) is 0 Å². The first-order valence-electron chi connectivity index (χ1n) is 14.1. The average Bonchev–Trinajstić information content (AvgIpc) is 2.92. The molecule has 3 aromatic carbocycles. The molecule has 0 aromatic heterocycles. The Morgan fingerprint density at radius 2 is 1.40 bits per heavy atom. The zero-order valence-corrected chi connectivity index (χ0v) is 26.4. The van der Waals surface area contributed by atoms with Gasteiger partial charge in [-0.25, -0.2) is 0 Å². The van der Waals surface area contributed by atoms with E-state index in [1.54, 1.807) is 0 Å². The maximum Gasteiger partial charge on any atom is 0.192 e. The summed E-state index contributed by atoms with van der Waals surface area (Å²) in [5.74, 6) is 0. The lowest BCUT2D eigenvalue weighted by Gasteiger charge is -2.48. The van der Waals surface area contributed by atoms with Gasteiger partial charge in [0.1, 0.15) is 29.9 Å². The maximum atomic E-state index is 11.8. The third-order valence-electron chi connectivity index (χ3n) is 7.80. The topological polar surface area (TPSA) is 57.2 Å². The first kappa shape index (κ1) is 31.0. The van der Waals surface area contributed by atoms with Crippen molar-refractivity contribution < 1.29 is 23.7 Å². The molecule has 5 nitrogen and oxygen atoms in total. The standard InChI is InChI=1S/C33H44O5SSi/c1-24-17-19-27(20-18-24)39-32-29(34)31(38-40(5,6)33(2,3)4)30(36-22-26-15-11-8-12-16-26)28(37-32)23-35-21-25-13-9-7-10-14-25/h7-20,28-32,34H,21-23H2,1-6H3/t28-,29+,30-,31-,32-/m1/s1. The average molecular weight is 581 g/mol. The summed E-state index contributed by atoms with van der Waals surface area (Å²) in [5, 5.41) is 11.8. The van der Waals surface area contributed by atoms with Crippen LogP contribution < -0.4 is 0 Å². The minimum Gasteiger partial charge on any atom is -0.408 e. The van der Waals surface area contributed by atoms with Crippen molar-refractivity contribution in [2.24, 2.45) is 0 Å². The van der Waals surface area contributed by atoms with Crippen molar-refractivity contribution in [1.82, 2.24) is 0 Å². The van der Waals surface area contributed by atoms with Gasteiger partial charge < -0.3 is 23.7 Å². The summed E-state index contributed by atoms with van der Waals surface area (Å²) in [6.07, 6.45) is -2.37. The van der Waals surface area contributed by atoms with Gasteiger partial charge in [0.05, 0.1) is 19.8 Å². The summed E-state index contributed by atoms with van der Waals surface area (Å²) in [7, 11) is -2.27. The molecule has 1 aliphatic heterocycles. The third-order valence-corrected chi connectivity index (χ3v) is 13.4. The van der Waals surface area contributed by atoms with Crippen LogP contribution in [0, 0.1) is 6.92 Å². The lowest BCUT2D eigenvalue weighted by atomic mass is 10.00. The second-order valence-electron chi connectivity index (χ2n) is 12.1. The highest BCUT2D eigenvalue weighted by Gasteiger charge is 2.51. The molecule has 7 heteroatoms. The molecule has 0 radical (unpaired) electrons. The molecule has 40 heavy (non-hydrogen) atoms. The molecule has 1 fully saturated rings. The number of hydrogen-bond acceptors (Lipinski definition) is 6. The Labute approximate surface area is 245 Å². The highest BCUT2D eigenvalue weighted by atomic mass is 32.2. The normalized spacial score (nSPS) is 23.7. The van der Waals surface area contributed by atoms with Crippen molar-refractivity contribution in [2.45, 2.75) is 93.8 Å². The van der Waals surface area contributed by atoms with Gasteiger partial charge in [0.25, 0.3) is 0 Å². The van der Waals surface area contributed by atoms with Crippen molar-refractivity contribution in [3.8, 4) is 0 Å². The summed E-state index contributed by atoms with van der Waals surface area (Å²) >= 11 is 1.52. The molecular formula is C33H44O5SSi. The lowest BCUT2D eigenvalue weighted by molar-refractivity contribution is -0.224. The van der Waals surface area contributed by atoms with Gasteiger partial charge in [0.15, 0.2) is 8.32 Å². The summed E-state index contributed by atoms with van der Waals surface area (Å²) in [5.41, 5.74) is 2.82. The Balaban J connectivity index is 1.61. The number of rotatable bonds is 11. The van der Waals surface area contributed by atoms with Crippen LogP contribution in [-0.4, -0.2) is 49.9 Å². The Bertz CT molecular complexity index is 1170. The van der Waals surface area contributed by atoms with Crippen molar-refractivity contribution >= 4 is 20.1 Å². The molecule has 1 saturated heterocycles. The van der Waals surface area contributed by atoms with Crippen LogP contribution in [0.15, 0.2) is 89.8 Å². The summed E-state index contributed by atoms with van der Waals surface area (Å²) in [4.78, 5) is 1.04.